The van der Waals surface area contributed by atoms with Crippen LogP contribution in [0.1, 0.15) is 79.2 Å². The molecule has 0 spiro atoms. The lowest BCUT2D eigenvalue weighted by atomic mass is 9.98. The van der Waals surface area contributed by atoms with E-state index in [0.717, 1.165) is 48.7 Å². The zero-order chi connectivity index (χ0) is 24.6. The molecule has 3 aromatic heterocycles. The van der Waals surface area contributed by atoms with Crippen LogP contribution in [0.15, 0.2) is 36.7 Å². The molecule has 1 saturated heterocycles. The smallest absolute Gasteiger partial charge is 0.182 e. The van der Waals surface area contributed by atoms with Crippen LogP contribution < -0.4 is 0 Å². The SMILES string of the molecule is Cc1nc2nc(C3CCOCC3)nc(-c3ccc(C4CC4)cc3F)c2nc1C.c1cnn(C2CC2)c1. The van der Waals surface area contributed by atoms with Crippen LogP contribution in [-0.4, -0.2) is 42.9 Å². The topological polar surface area (TPSA) is 78.6 Å². The zero-order valence-electron chi connectivity index (χ0n) is 20.8. The quantitative estimate of drug-likeness (QED) is 0.361. The number of hydrogen-bond acceptors (Lipinski definition) is 6. The third kappa shape index (κ3) is 4.87. The Hall–Kier alpha value is -3.26. The van der Waals surface area contributed by atoms with E-state index in [1.165, 1.54) is 12.8 Å². The minimum atomic E-state index is -0.248. The number of benzene rings is 1. The average molecular weight is 487 g/mol. The standard InChI is InChI=1S/C22H23FN4O.C6H8N2/c1-12-13(2)25-22-20(24-12)19(26-21(27-22)15-7-9-28-10-8-15)17-6-5-16(11-18(17)23)14-3-4-14;1-4-7-8(5-1)6-2-3-6/h5-6,11,14-15H,3-4,7-10H2,1-2H3;1,4-6H,2-3H2. The summed E-state index contributed by atoms with van der Waals surface area (Å²) in [5, 5.41) is 4.09. The molecule has 7 nitrogen and oxygen atoms in total. The number of hydrogen-bond donors (Lipinski definition) is 0. The molecule has 3 fully saturated rings. The Morgan fingerprint density at radius 2 is 1.67 bits per heavy atom. The number of rotatable bonds is 4. The Labute approximate surface area is 210 Å². The molecule has 0 amide bonds. The third-order valence-corrected chi connectivity index (χ3v) is 7.29. The van der Waals surface area contributed by atoms with Gasteiger partial charge in [-0.05, 0) is 82.1 Å². The highest BCUT2D eigenvalue weighted by molar-refractivity contribution is 5.87. The first-order valence-electron chi connectivity index (χ1n) is 13.0. The van der Waals surface area contributed by atoms with Crippen LogP contribution in [0.25, 0.3) is 22.4 Å². The van der Waals surface area contributed by atoms with Crippen molar-refractivity contribution in [3.63, 3.8) is 0 Å². The van der Waals surface area contributed by atoms with Gasteiger partial charge in [0.2, 0.25) is 0 Å². The summed E-state index contributed by atoms with van der Waals surface area (Å²) in [5.41, 5.74) is 4.84. The predicted octanol–water partition coefficient (Wildman–Crippen LogP) is 5.83. The minimum absolute atomic E-state index is 0.203. The van der Waals surface area contributed by atoms with E-state index in [1.54, 1.807) is 6.07 Å². The lowest BCUT2D eigenvalue weighted by Crippen LogP contribution is -2.17. The largest absolute Gasteiger partial charge is 0.381 e. The number of halogens is 1. The van der Waals surface area contributed by atoms with Gasteiger partial charge in [0.25, 0.3) is 0 Å². The van der Waals surface area contributed by atoms with Gasteiger partial charge in [-0.15, -0.1) is 0 Å². The van der Waals surface area contributed by atoms with E-state index in [2.05, 4.69) is 15.1 Å². The molecule has 4 aromatic rings. The summed E-state index contributed by atoms with van der Waals surface area (Å²) in [6.45, 7) is 5.22. The van der Waals surface area contributed by atoms with Gasteiger partial charge in [-0.1, -0.05) is 6.07 Å². The molecule has 8 heteroatoms. The summed E-state index contributed by atoms with van der Waals surface area (Å²) in [4.78, 5) is 18.8. The van der Waals surface area contributed by atoms with Crippen LogP contribution in [0.5, 0.6) is 0 Å². The Kier molecular flexibility index (Phi) is 6.21. The normalized spacial score (nSPS) is 18.2. The molecule has 2 saturated carbocycles. The second-order valence-corrected chi connectivity index (χ2v) is 10.1. The molecular formula is C28H31FN6O. The molecule has 0 bridgehead atoms. The molecule has 4 heterocycles. The van der Waals surface area contributed by atoms with E-state index in [-0.39, 0.29) is 11.7 Å². The first kappa shape index (κ1) is 23.2. The van der Waals surface area contributed by atoms with Gasteiger partial charge in [0, 0.05) is 37.1 Å². The van der Waals surface area contributed by atoms with Crippen molar-refractivity contribution in [1.82, 2.24) is 29.7 Å². The van der Waals surface area contributed by atoms with Crippen molar-refractivity contribution in [3.8, 4) is 11.3 Å². The summed E-state index contributed by atoms with van der Waals surface area (Å²) < 4.78 is 22.6. The van der Waals surface area contributed by atoms with Crippen molar-refractivity contribution in [2.45, 2.75) is 70.3 Å². The Bertz CT molecular complexity index is 1370. The molecule has 1 aromatic carbocycles. The highest BCUT2D eigenvalue weighted by atomic mass is 19.1. The molecule has 2 aliphatic carbocycles. The predicted molar refractivity (Wildman–Crippen MR) is 135 cm³/mol. The fourth-order valence-corrected chi connectivity index (χ4v) is 4.68. The van der Waals surface area contributed by atoms with Crippen molar-refractivity contribution < 1.29 is 9.13 Å². The van der Waals surface area contributed by atoms with Crippen molar-refractivity contribution >= 4 is 11.2 Å². The third-order valence-electron chi connectivity index (χ3n) is 7.29. The molecule has 7 rings (SSSR count). The molecular weight excluding hydrogens is 455 g/mol. The molecule has 0 radical (unpaired) electrons. The first-order valence-corrected chi connectivity index (χ1v) is 13.0. The minimum Gasteiger partial charge on any atom is -0.381 e. The van der Waals surface area contributed by atoms with Crippen LogP contribution in [0.2, 0.25) is 0 Å². The maximum absolute atomic E-state index is 15.1. The van der Waals surface area contributed by atoms with Crippen molar-refractivity contribution in [1.29, 1.82) is 0 Å². The van der Waals surface area contributed by atoms with Crippen LogP contribution in [0.3, 0.4) is 0 Å². The van der Waals surface area contributed by atoms with E-state index < -0.39 is 0 Å². The van der Waals surface area contributed by atoms with E-state index in [0.29, 0.717) is 47.4 Å². The Balaban J connectivity index is 0.000000253. The zero-order valence-corrected chi connectivity index (χ0v) is 20.8. The van der Waals surface area contributed by atoms with E-state index in [9.17, 15) is 0 Å². The number of fused-ring (bicyclic) bond motifs is 1. The van der Waals surface area contributed by atoms with Gasteiger partial charge < -0.3 is 4.74 Å². The van der Waals surface area contributed by atoms with Crippen LogP contribution in [-0.2, 0) is 4.74 Å². The number of aryl methyl sites for hydroxylation is 2. The monoisotopic (exact) mass is 486 g/mol. The number of nitrogens with zero attached hydrogens (tertiary/aromatic N) is 6. The highest BCUT2D eigenvalue weighted by Crippen LogP contribution is 2.41. The Morgan fingerprint density at radius 1 is 0.889 bits per heavy atom. The van der Waals surface area contributed by atoms with E-state index >= 15 is 4.39 Å². The van der Waals surface area contributed by atoms with Crippen molar-refractivity contribution in [2.24, 2.45) is 0 Å². The summed E-state index contributed by atoms with van der Waals surface area (Å²) in [6, 6.07) is 8.23. The van der Waals surface area contributed by atoms with Crippen molar-refractivity contribution in [3.05, 3.63) is 65.3 Å². The van der Waals surface area contributed by atoms with Crippen LogP contribution in [0, 0.1) is 19.7 Å². The van der Waals surface area contributed by atoms with Crippen molar-refractivity contribution in [2.75, 3.05) is 13.2 Å². The van der Waals surface area contributed by atoms with Crippen LogP contribution >= 0.6 is 0 Å². The molecule has 186 valence electrons. The fourth-order valence-electron chi connectivity index (χ4n) is 4.68. The molecule has 0 atom stereocenters. The molecule has 36 heavy (non-hydrogen) atoms. The molecule has 1 aliphatic heterocycles. The highest BCUT2D eigenvalue weighted by Gasteiger charge is 2.26. The van der Waals surface area contributed by atoms with E-state index in [1.807, 2.05) is 49.1 Å². The summed E-state index contributed by atoms with van der Waals surface area (Å²) in [7, 11) is 0. The number of aromatic nitrogens is 6. The maximum atomic E-state index is 15.1. The van der Waals surface area contributed by atoms with Gasteiger partial charge in [-0.3, -0.25) is 4.68 Å². The van der Waals surface area contributed by atoms with Gasteiger partial charge in [-0.2, -0.15) is 5.10 Å². The van der Waals surface area contributed by atoms with Gasteiger partial charge in [0.05, 0.1) is 17.4 Å². The first-order chi connectivity index (χ1) is 17.6. The number of ether oxygens (including phenoxy) is 1. The second-order valence-electron chi connectivity index (χ2n) is 10.1. The molecule has 0 N–H and O–H groups in total. The van der Waals surface area contributed by atoms with Gasteiger partial charge in [0.15, 0.2) is 5.65 Å². The molecule has 0 unspecified atom stereocenters. The lowest BCUT2D eigenvalue weighted by molar-refractivity contribution is 0.0836. The van der Waals surface area contributed by atoms with Gasteiger partial charge in [-0.25, -0.2) is 24.3 Å². The Morgan fingerprint density at radius 3 is 2.33 bits per heavy atom. The van der Waals surface area contributed by atoms with Gasteiger partial charge in [0.1, 0.15) is 22.9 Å². The summed E-state index contributed by atoms with van der Waals surface area (Å²) in [5.74, 6) is 1.18. The van der Waals surface area contributed by atoms with Gasteiger partial charge >= 0.3 is 0 Å². The summed E-state index contributed by atoms with van der Waals surface area (Å²) >= 11 is 0. The average Bonchev–Trinajstić information content (AvgIpc) is 3.84. The second kappa shape index (κ2) is 9.65. The maximum Gasteiger partial charge on any atom is 0.182 e. The summed E-state index contributed by atoms with van der Waals surface area (Å²) in [6.07, 6.45) is 10.5. The van der Waals surface area contributed by atoms with Crippen LogP contribution in [0.4, 0.5) is 4.39 Å². The molecule has 3 aliphatic rings. The lowest BCUT2D eigenvalue weighted by Gasteiger charge is -2.21. The fraction of sp³-hybridized carbons (Fsp3) is 0.464. The van der Waals surface area contributed by atoms with E-state index in [4.69, 9.17) is 14.7 Å².